The van der Waals surface area contributed by atoms with Crippen LogP contribution in [0.25, 0.3) is 0 Å². The lowest BCUT2D eigenvalue weighted by Gasteiger charge is -2.24. The SMILES string of the molecule is C[C@H](NCC(=O)N(Cc1ccco1)CC(F)(F)F)c1ccc(Cl)cc1Cl. The highest BCUT2D eigenvalue weighted by molar-refractivity contribution is 6.35. The minimum absolute atomic E-state index is 0.261. The molecule has 0 bridgehead atoms. The molecule has 0 fully saturated rings. The van der Waals surface area contributed by atoms with Crippen LogP contribution >= 0.6 is 23.2 Å². The molecule has 0 aliphatic carbocycles. The maximum absolute atomic E-state index is 12.8. The fraction of sp³-hybridized carbons (Fsp3) is 0.353. The maximum atomic E-state index is 12.8. The van der Waals surface area contributed by atoms with Gasteiger partial charge in [-0.2, -0.15) is 13.2 Å². The lowest BCUT2D eigenvalue weighted by Crippen LogP contribution is -2.43. The van der Waals surface area contributed by atoms with E-state index in [1.807, 2.05) is 0 Å². The quantitative estimate of drug-likeness (QED) is 0.713. The highest BCUT2D eigenvalue weighted by Gasteiger charge is 2.33. The van der Waals surface area contributed by atoms with Gasteiger partial charge in [0.2, 0.25) is 5.91 Å². The van der Waals surface area contributed by atoms with Crippen LogP contribution in [-0.4, -0.2) is 30.1 Å². The first-order valence-electron chi connectivity index (χ1n) is 7.71. The number of carbonyl (C=O) groups is 1. The molecule has 1 aromatic heterocycles. The Balaban J connectivity index is 2.01. The summed E-state index contributed by atoms with van der Waals surface area (Å²) in [6.45, 7) is -0.145. The van der Waals surface area contributed by atoms with Crippen LogP contribution in [0.4, 0.5) is 13.2 Å². The fourth-order valence-corrected chi connectivity index (χ4v) is 2.93. The Labute approximate surface area is 158 Å². The molecule has 0 aliphatic rings. The van der Waals surface area contributed by atoms with Crippen LogP contribution < -0.4 is 5.32 Å². The highest BCUT2D eigenvalue weighted by atomic mass is 35.5. The third kappa shape index (κ3) is 6.23. The Hall–Kier alpha value is -1.70. The molecule has 0 unspecified atom stereocenters. The Kier molecular flexibility index (Phi) is 6.97. The standard InChI is InChI=1S/C17H17Cl2F3N2O2/c1-11(14-5-4-12(18)7-15(14)19)23-8-16(25)24(10-17(20,21)22)9-13-3-2-6-26-13/h2-7,11,23H,8-10H2,1H3/t11-/m0/s1. The number of carbonyl (C=O) groups excluding carboxylic acids is 1. The number of alkyl halides is 3. The van der Waals surface area contributed by atoms with E-state index in [4.69, 9.17) is 27.6 Å². The van der Waals surface area contributed by atoms with Crippen LogP contribution in [0.5, 0.6) is 0 Å². The normalized spacial score (nSPS) is 12.8. The van der Waals surface area contributed by atoms with Crippen molar-refractivity contribution in [3.8, 4) is 0 Å². The summed E-state index contributed by atoms with van der Waals surface area (Å²) < 4.78 is 43.4. The molecule has 1 amide bonds. The number of rotatable bonds is 7. The summed E-state index contributed by atoms with van der Waals surface area (Å²) >= 11 is 11.9. The molecule has 4 nitrogen and oxygen atoms in total. The molecule has 1 atom stereocenters. The minimum atomic E-state index is -4.51. The third-order valence-corrected chi connectivity index (χ3v) is 4.20. The molecule has 2 aromatic rings. The van der Waals surface area contributed by atoms with Crippen LogP contribution in [0.1, 0.15) is 24.3 Å². The summed E-state index contributed by atoms with van der Waals surface area (Å²) in [7, 11) is 0. The second-order valence-corrected chi connectivity index (χ2v) is 6.56. The first kappa shape index (κ1) is 20.6. The van der Waals surface area contributed by atoms with Gasteiger partial charge in [-0.05, 0) is 36.8 Å². The molecule has 142 valence electrons. The Morgan fingerprint density at radius 1 is 1.31 bits per heavy atom. The second kappa shape index (κ2) is 8.79. The second-order valence-electron chi connectivity index (χ2n) is 5.71. The first-order valence-corrected chi connectivity index (χ1v) is 8.46. The van der Waals surface area contributed by atoms with E-state index in [9.17, 15) is 18.0 Å². The lowest BCUT2D eigenvalue weighted by molar-refractivity contribution is -0.162. The number of amides is 1. The van der Waals surface area contributed by atoms with Gasteiger partial charge in [0.1, 0.15) is 12.3 Å². The Bertz CT molecular complexity index is 736. The molecule has 0 saturated heterocycles. The van der Waals surface area contributed by atoms with Crippen molar-refractivity contribution in [2.75, 3.05) is 13.1 Å². The van der Waals surface area contributed by atoms with Crippen molar-refractivity contribution in [1.29, 1.82) is 0 Å². The van der Waals surface area contributed by atoms with Crippen molar-refractivity contribution in [2.45, 2.75) is 25.7 Å². The van der Waals surface area contributed by atoms with Gasteiger partial charge >= 0.3 is 6.18 Å². The van der Waals surface area contributed by atoms with Crippen molar-refractivity contribution < 1.29 is 22.4 Å². The molecule has 0 spiro atoms. The van der Waals surface area contributed by atoms with E-state index in [2.05, 4.69) is 5.32 Å². The van der Waals surface area contributed by atoms with Gasteiger partial charge in [0.15, 0.2) is 0 Å². The number of nitrogens with zero attached hydrogens (tertiary/aromatic N) is 1. The number of hydrogen-bond acceptors (Lipinski definition) is 3. The van der Waals surface area contributed by atoms with E-state index < -0.39 is 18.6 Å². The first-order chi connectivity index (χ1) is 12.2. The maximum Gasteiger partial charge on any atom is 0.406 e. The third-order valence-electron chi connectivity index (χ3n) is 3.64. The molecule has 26 heavy (non-hydrogen) atoms. The van der Waals surface area contributed by atoms with Gasteiger partial charge in [0, 0.05) is 16.1 Å². The molecule has 0 aliphatic heterocycles. The molecule has 9 heteroatoms. The zero-order valence-corrected chi connectivity index (χ0v) is 15.3. The van der Waals surface area contributed by atoms with E-state index in [1.54, 1.807) is 31.2 Å². The van der Waals surface area contributed by atoms with Gasteiger partial charge in [-0.1, -0.05) is 29.3 Å². The largest absolute Gasteiger partial charge is 0.467 e. The summed E-state index contributed by atoms with van der Waals surface area (Å²) in [5.41, 5.74) is 0.692. The summed E-state index contributed by atoms with van der Waals surface area (Å²) in [5.74, 6) is -0.424. The Morgan fingerprint density at radius 3 is 2.62 bits per heavy atom. The zero-order chi connectivity index (χ0) is 19.3. The van der Waals surface area contributed by atoms with Crippen LogP contribution in [0.3, 0.4) is 0 Å². The van der Waals surface area contributed by atoms with Gasteiger partial charge in [-0.15, -0.1) is 0 Å². The molecule has 1 heterocycles. The van der Waals surface area contributed by atoms with E-state index in [0.29, 0.717) is 20.5 Å². The number of benzene rings is 1. The van der Waals surface area contributed by atoms with Crippen molar-refractivity contribution in [3.05, 3.63) is 58.0 Å². The van der Waals surface area contributed by atoms with Gasteiger partial charge < -0.3 is 14.6 Å². The number of hydrogen-bond donors (Lipinski definition) is 1. The summed E-state index contributed by atoms with van der Waals surface area (Å²) in [6, 6.07) is 7.62. The van der Waals surface area contributed by atoms with Gasteiger partial charge in [0.25, 0.3) is 0 Å². The molecule has 0 radical (unpaired) electrons. The number of halogens is 5. The van der Waals surface area contributed by atoms with Crippen molar-refractivity contribution in [2.24, 2.45) is 0 Å². The average molecular weight is 409 g/mol. The molecule has 0 saturated carbocycles. The molecule has 1 aromatic carbocycles. The van der Waals surface area contributed by atoms with Crippen LogP contribution in [0.15, 0.2) is 41.0 Å². The smallest absolute Gasteiger partial charge is 0.406 e. The van der Waals surface area contributed by atoms with E-state index in [0.717, 1.165) is 0 Å². The average Bonchev–Trinajstić information content (AvgIpc) is 3.03. The summed E-state index contributed by atoms with van der Waals surface area (Å²) in [6.07, 6.45) is -3.16. The van der Waals surface area contributed by atoms with Gasteiger partial charge in [-0.3, -0.25) is 4.79 Å². The number of nitrogens with one attached hydrogen (secondary N) is 1. The summed E-state index contributed by atoms with van der Waals surface area (Å²) in [4.78, 5) is 13.0. The van der Waals surface area contributed by atoms with Crippen LogP contribution in [-0.2, 0) is 11.3 Å². The lowest BCUT2D eigenvalue weighted by atomic mass is 10.1. The monoisotopic (exact) mass is 408 g/mol. The Morgan fingerprint density at radius 2 is 2.04 bits per heavy atom. The molecular formula is C17H17Cl2F3N2O2. The van der Waals surface area contributed by atoms with Crippen molar-refractivity contribution in [1.82, 2.24) is 10.2 Å². The van der Waals surface area contributed by atoms with Crippen molar-refractivity contribution in [3.63, 3.8) is 0 Å². The predicted molar refractivity (Wildman–Crippen MR) is 93.1 cm³/mol. The molecular weight excluding hydrogens is 392 g/mol. The highest BCUT2D eigenvalue weighted by Crippen LogP contribution is 2.26. The van der Waals surface area contributed by atoms with E-state index in [1.165, 1.54) is 12.3 Å². The molecule has 1 N–H and O–H groups in total. The van der Waals surface area contributed by atoms with Crippen LogP contribution in [0, 0.1) is 0 Å². The topological polar surface area (TPSA) is 45.5 Å². The zero-order valence-electron chi connectivity index (χ0n) is 13.8. The van der Waals surface area contributed by atoms with Crippen molar-refractivity contribution >= 4 is 29.1 Å². The van der Waals surface area contributed by atoms with Gasteiger partial charge in [-0.25, -0.2) is 0 Å². The van der Waals surface area contributed by atoms with E-state index in [-0.39, 0.29) is 24.9 Å². The summed E-state index contributed by atoms with van der Waals surface area (Å²) in [5, 5.41) is 3.77. The predicted octanol–water partition coefficient (Wildman–Crippen LogP) is 4.83. The molecule has 2 rings (SSSR count). The minimum Gasteiger partial charge on any atom is -0.467 e. The fourth-order valence-electron chi connectivity index (χ4n) is 2.35. The van der Waals surface area contributed by atoms with E-state index >= 15 is 0 Å². The van der Waals surface area contributed by atoms with Gasteiger partial charge in [0.05, 0.1) is 19.4 Å². The number of furan rings is 1. The van der Waals surface area contributed by atoms with Crippen LogP contribution in [0.2, 0.25) is 10.0 Å².